The number of thiol groups is 1. The highest BCUT2D eigenvalue weighted by Crippen LogP contribution is 2.15. The fraction of sp³-hybridized carbons (Fsp3) is 0.333. The molecule has 3 N–H and O–H groups in total. The Morgan fingerprint density at radius 2 is 2.33 bits per heavy atom. The van der Waals surface area contributed by atoms with Crippen LogP contribution in [0.1, 0.15) is 11.6 Å². The van der Waals surface area contributed by atoms with Gasteiger partial charge >= 0.3 is 0 Å². The zero-order valence-corrected chi connectivity index (χ0v) is 8.01. The molecule has 0 aliphatic rings. The lowest BCUT2D eigenvalue weighted by Gasteiger charge is -2.09. The topological polar surface area (TPSA) is 38.0 Å². The average Bonchev–Trinajstić information content (AvgIpc) is 2.17. The minimum absolute atomic E-state index is 0.0293. The van der Waals surface area contributed by atoms with E-state index in [1.165, 1.54) is 0 Å². The first-order chi connectivity index (χ1) is 5.77. The molecule has 0 aromatic heterocycles. The second-order valence-electron chi connectivity index (χ2n) is 2.66. The molecule has 0 heterocycles. The summed E-state index contributed by atoms with van der Waals surface area (Å²) in [6.07, 6.45) is 0. The first-order valence-electron chi connectivity index (χ1n) is 3.92. The molecule has 0 amide bonds. The average molecular weight is 182 g/mol. The lowest BCUT2D eigenvalue weighted by atomic mass is 10.1. The molecule has 0 spiro atoms. The van der Waals surface area contributed by atoms with E-state index in [1.54, 1.807) is 0 Å². The zero-order valence-electron chi connectivity index (χ0n) is 7.12. The van der Waals surface area contributed by atoms with Crippen LogP contribution in [-0.2, 0) is 0 Å². The Kier molecular flexibility index (Phi) is 3.44. The predicted octanol–water partition coefficient (Wildman–Crippen LogP) is 1.66. The van der Waals surface area contributed by atoms with Gasteiger partial charge in [-0.1, -0.05) is 12.1 Å². The van der Waals surface area contributed by atoms with Gasteiger partial charge < -0.3 is 11.1 Å². The normalized spacial score (nSPS) is 12.6. The standard InChI is InChI=1S/C9H14N2S/c1-11-8-4-2-3-7(5-8)9(10)6-12/h2-5,9,11-12H,6,10H2,1H3. The van der Waals surface area contributed by atoms with Crippen LogP contribution < -0.4 is 11.1 Å². The SMILES string of the molecule is CNc1cccc(C(N)CS)c1. The van der Waals surface area contributed by atoms with Crippen LogP contribution in [0.5, 0.6) is 0 Å². The largest absolute Gasteiger partial charge is 0.388 e. The van der Waals surface area contributed by atoms with Crippen LogP contribution in [0.25, 0.3) is 0 Å². The Labute approximate surface area is 78.6 Å². The van der Waals surface area contributed by atoms with E-state index in [2.05, 4.69) is 17.9 Å². The number of hydrogen-bond acceptors (Lipinski definition) is 3. The fourth-order valence-electron chi connectivity index (χ4n) is 1.03. The van der Waals surface area contributed by atoms with E-state index in [0.29, 0.717) is 5.75 Å². The Bertz CT molecular complexity index is 250. The third-order valence-corrected chi connectivity index (χ3v) is 2.19. The van der Waals surface area contributed by atoms with Crippen molar-refractivity contribution in [2.24, 2.45) is 5.73 Å². The van der Waals surface area contributed by atoms with Gasteiger partial charge in [-0.3, -0.25) is 0 Å². The summed E-state index contributed by atoms with van der Waals surface area (Å²) in [5.41, 5.74) is 8.02. The second kappa shape index (κ2) is 4.38. The van der Waals surface area contributed by atoms with Crippen molar-refractivity contribution < 1.29 is 0 Å². The Morgan fingerprint density at radius 3 is 2.92 bits per heavy atom. The summed E-state index contributed by atoms with van der Waals surface area (Å²) in [6, 6.07) is 8.09. The van der Waals surface area contributed by atoms with Gasteiger partial charge in [-0.15, -0.1) is 0 Å². The molecule has 0 saturated heterocycles. The molecule has 0 aliphatic carbocycles. The molecule has 66 valence electrons. The molecule has 3 heteroatoms. The lowest BCUT2D eigenvalue weighted by molar-refractivity contribution is 0.834. The van der Waals surface area contributed by atoms with Crippen LogP contribution in [0.2, 0.25) is 0 Å². The number of benzene rings is 1. The van der Waals surface area contributed by atoms with E-state index in [9.17, 15) is 0 Å². The minimum Gasteiger partial charge on any atom is -0.388 e. The summed E-state index contributed by atoms with van der Waals surface area (Å²) in [4.78, 5) is 0. The Balaban J connectivity index is 2.86. The number of anilines is 1. The molecule has 2 nitrogen and oxygen atoms in total. The molecular weight excluding hydrogens is 168 g/mol. The number of nitrogens with two attached hydrogens (primary N) is 1. The summed E-state index contributed by atoms with van der Waals surface area (Å²) in [5, 5.41) is 3.07. The van der Waals surface area contributed by atoms with Crippen molar-refractivity contribution >= 4 is 18.3 Å². The Hall–Kier alpha value is -0.670. The van der Waals surface area contributed by atoms with E-state index < -0.39 is 0 Å². The van der Waals surface area contributed by atoms with E-state index in [4.69, 9.17) is 5.73 Å². The third-order valence-electron chi connectivity index (χ3n) is 1.80. The maximum Gasteiger partial charge on any atom is 0.0385 e. The molecule has 1 aromatic carbocycles. The molecule has 0 bridgehead atoms. The first-order valence-corrected chi connectivity index (χ1v) is 4.55. The molecule has 1 unspecified atom stereocenters. The first kappa shape index (κ1) is 9.42. The van der Waals surface area contributed by atoms with E-state index >= 15 is 0 Å². The van der Waals surface area contributed by atoms with E-state index in [1.807, 2.05) is 31.3 Å². The summed E-state index contributed by atoms with van der Waals surface area (Å²) in [7, 11) is 1.89. The minimum atomic E-state index is 0.0293. The van der Waals surface area contributed by atoms with Gasteiger partial charge in [-0.2, -0.15) is 12.6 Å². The summed E-state index contributed by atoms with van der Waals surface area (Å²) in [5.74, 6) is 0.674. The molecular formula is C9H14N2S. The van der Waals surface area contributed by atoms with Gasteiger partial charge in [-0.05, 0) is 17.7 Å². The van der Waals surface area contributed by atoms with E-state index in [-0.39, 0.29) is 6.04 Å². The summed E-state index contributed by atoms with van der Waals surface area (Å²) >= 11 is 4.14. The number of nitrogens with one attached hydrogen (secondary N) is 1. The zero-order chi connectivity index (χ0) is 8.97. The van der Waals surface area contributed by atoms with Crippen LogP contribution in [0.4, 0.5) is 5.69 Å². The van der Waals surface area contributed by atoms with Crippen molar-refractivity contribution in [3.05, 3.63) is 29.8 Å². The van der Waals surface area contributed by atoms with Gasteiger partial charge in [0.1, 0.15) is 0 Å². The van der Waals surface area contributed by atoms with Crippen LogP contribution in [-0.4, -0.2) is 12.8 Å². The molecule has 0 saturated carbocycles. The van der Waals surface area contributed by atoms with Crippen molar-refractivity contribution in [2.75, 3.05) is 18.1 Å². The van der Waals surface area contributed by atoms with Crippen LogP contribution >= 0.6 is 12.6 Å². The van der Waals surface area contributed by atoms with Gasteiger partial charge in [0, 0.05) is 24.5 Å². The summed E-state index contributed by atoms with van der Waals surface area (Å²) < 4.78 is 0. The quantitative estimate of drug-likeness (QED) is 0.622. The van der Waals surface area contributed by atoms with Gasteiger partial charge in [0.05, 0.1) is 0 Å². The molecule has 1 aromatic rings. The van der Waals surface area contributed by atoms with Crippen LogP contribution in [0.3, 0.4) is 0 Å². The third kappa shape index (κ3) is 2.16. The highest BCUT2D eigenvalue weighted by Gasteiger charge is 2.02. The van der Waals surface area contributed by atoms with Crippen molar-refractivity contribution in [2.45, 2.75) is 6.04 Å². The van der Waals surface area contributed by atoms with Crippen molar-refractivity contribution in [1.29, 1.82) is 0 Å². The maximum atomic E-state index is 5.81. The van der Waals surface area contributed by atoms with Crippen molar-refractivity contribution in [1.82, 2.24) is 0 Å². The van der Waals surface area contributed by atoms with Gasteiger partial charge in [0.2, 0.25) is 0 Å². The molecule has 0 radical (unpaired) electrons. The molecule has 0 aliphatic heterocycles. The lowest BCUT2D eigenvalue weighted by Crippen LogP contribution is -2.11. The monoisotopic (exact) mass is 182 g/mol. The van der Waals surface area contributed by atoms with Crippen molar-refractivity contribution in [3.8, 4) is 0 Å². The fourth-order valence-corrected chi connectivity index (χ4v) is 1.24. The second-order valence-corrected chi connectivity index (χ2v) is 3.03. The van der Waals surface area contributed by atoms with Crippen LogP contribution in [0, 0.1) is 0 Å². The van der Waals surface area contributed by atoms with Crippen molar-refractivity contribution in [3.63, 3.8) is 0 Å². The Morgan fingerprint density at radius 1 is 1.58 bits per heavy atom. The highest BCUT2D eigenvalue weighted by molar-refractivity contribution is 7.80. The molecule has 0 fully saturated rings. The van der Waals surface area contributed by atoms with Crippen LogP contribution in [0.15, 0.2) is 24.3 Å². The summed E-state index contributed by atoms with van der Waals surface area (Å²) in [6.45, 7) is 0. The maximum absolute atomic E-state index is 5.81. The number of rotatable bonds is 3. The van der Waals surface area contributed by atoms with Gasteiger partial charge in [-0.25, -0.2) is 0 Å². The molecule has 1 rings (SSSR count). The van der Waals surface area contributed by atoms with E-state index in [0.717, 1.165) is 11.3 Å². The molecule has 12 heavy (non-hydrogen) atoms. The number of hydrogen-bond donors (Lipinski definition) is 3. The molecule has 1 atom stereocenters. The highest BCUT2D eigenvalue weighted by atomic mass is 32.1. The predicted molar refractivity (Wildman–Crippen MR) is 56.8 cm³/mol. The smallest absolute Gasteiger partial charge is 0.0385 e. The van der Waals surface area contributed by atoms with Gasteiger partial charge in [0.25, 0.3) is 0 Å². The van der Waals surface area contributed by atoms with Gasteiger partial charge in [0.15, 0.2) is 0 Å².